The number of rotatable bonds is 1. The molecule has 0 aromatic carbocycles. The van der Waals surface area contributed by atoms with E-state index in [4.69, 9.17) is 0 Å². The van der Waals surface area contributed by atoms with E-state index in [1.54, 1.807) is 0 Å². The molecule has 1 aliphatic heterocycles. The molecule has 0 saturated carbocycles. The Morgan fingerprint density at radius 2 is 2.33 bits per heavy atom. The van der Waals surface area contributed by atoms with Gasteiger partial charge in [0.2, 0.25) is 0 Å². The molecule has 1 nitrogen and oxygen atoms in total. The second-order valence-electron chi connectivity index (χ2n) is 3.54. The fourth-order valence-corrected chi connectivity index (χ4v) is 2.85. The summed E-state index contributed by atoms with van der Waals surface area (Å²) in [4.78, 5) is 3.00. The molecule has 12 heavy (non-hydrogen) atoms. The largest absolute Gasteiger partial charge is 0.309 e. The fourth-order valence-electron chi connectivity index (χ4n) is 1.70. The van der Waals surface area contributed by atoms with Gasteiger partial charge in [0.15, 0.2) is 0 Å². The van der Waals surface area contributed by atoms with Crippen molar-refractivity contribution in [3.05, 3.63) is 21.4 Å². The Morgan fingerprint density at radius 1 is 1.50 bits per heavy atom. The minimum Gasteiger partial charge on any atom is -0.309 e. The van der Waals surface area contributed by atoms with Gasteiger partial charge in [0, 0.05) is 15.8 Å². The van der Waals surface area contributed by atoms with E-state index in [2.05, 4.69) is 25.2 Å². The van der Waals surface area contributed by atoms with Crippen LogP contribution in [0.25, 0.3) is 0 Å². The lowest BCUT2D eigenvalue weighted by Gasteiger charge is -2.05. The summed E-state index contributed by atoms with van der Waals surface area (Å²) in [5.74, 6) is 0. The lowest BCUT2D eigenvalue weighted by atomic mass is 10.2. The molecule has 2 rings (SSSR count). The normalized spacial score (nSPS) is 23.3. The Morgan fingerprint density at radius 3 is 2.83 bits per heavy atom. The standard InChI is InChI=1S/C10H15NS/c1-7-6-10(12-8(7)2)9-4-3-5-11-9/h6,9,11H,3-5H2,1-2H3/t9-/m0/s1. The highest BCUT2D eigenvalue weighted by Crippen LogP contribution is 2.31. The SMILES string of the molecule is Cc1cc([C@@H]2CCCN2)sc1C. The molecule has 0 amide bonds. The Balaban J connectivity index is 2.21. The van der Waals surface area contributed by atoms with Crippen molar-refractivity contribution >= 4 is 11.3 Å². The zero-order valence-corrected chi connectivity index (χ0v) is 8.50. The zero-order valence-electron chi connectivity index (χ0n) is 7.68. The molecular formula is C10H15NS. The number of hydrogen-bond donors (Lipinski definition) is 1. The average Bonchev–Trinajstić information content (AvgIpc) is 2.61. The van der Waals surface area contributed by atoms with Crippen LogP contribution in [0.15, 0.2) is 6.07 Å². The van der Waals surface area contributed by atoms with Crippen LogP contribution < -0.4 is 5.32 Å². The highest BCUT2D eigenvalue weighted by molar-refractivity contribution is 7.12. The van der Waals surface area contributed by atoms with Crippen molar-refractivity contribution in [3.63, 3.8) is 0 Å². The van der Waals surface area contributed by atoms with Crippen LogP contribution in [0, 0.1) is 13.8 Å². The number of aryl methyl sites for hydroxylation is 2. The van der Waals surface area contributed by atoms with E-state index < -0.39 is 0 Å². The Bertz CT molecular complexity index is 252. The number of hydrogen-bond acceptors (Lipinski definition) is 2. The van der Waals surface area contributed by atoms with Gasteiger partial charge < -0.3 is 5.32 Å². The molecule has 0 unspecified atom stereocenters. The predicted molar refractivity (Wildman–Crippen MR) is 53.8 cm³/mol. The average molecular weight is 181 g/mol. The summed E-state index contributed by atoms with van der Waals surface area (Å²) in [5.41, 5.74) is 1.45. The van der Waals surface area contributed by atoms with Gasteiger partial charge in [-0.15, -0.1) is 11.3 Å². The van der Waals surface area contributed by atoms with Crippen molar-refractivity contribution in [1.29, 1.82) is 0 Å². The van der Waals surface area contributed by atoms with Gasteiger partial charge in [-0.1, -0.05) is 0 Å². The summed E-state index contributed by atoms with van der Waals surface area (Å²) in [6.45, 7) is 5.60. The van der Waals surface area contributed by atoms with Crippen LogP contribution in [-0.4, -0.2) is 6.54 Å². The maximum absolute atomic E-state index is 3.52. The van der Waals surface area contributed by atoms with Crippen LogP contribution in [0.1, 0.15) is 34.2 Å². The Hall–Kier alpha value is -0.340. The van der Waals surface area contributed by atoms with Crippen molar-refractivity contribution in [2.24, 2.45) is 0 Å². The van der Waals surface area contributed by atoms with Gasteiger partial charge in [-0.25, -0.2) is 0 Å². The molecular weight excluding hydrogens is 166 g/mol. The summed E-state index contributed by atoms with van der Waals surface area (Å²) in [5, 5.41) is 3.52. The highest BCUT2D eigenvalue weighted by Gasteiger charge is 2.17. The van der Waals surface area contributed by atoms with Crippen molar-refractivity contribution < 1.29 is 0 Å². The van der Waals surface area contributed by atoms with Gasteiger partial charge >= 0.3 is 0 Å². The first-order valence-corrected chi connectivity index (χ1v) is 5.39. The van der Waals surface area contributed by atoms with Crippen LogP contribution >= 0.6 is 11.3 Å². The summed E-state index contributed by atoms with van der Waals surface area (Å²) in [6.07, 6.45) is 2.65. The maximum Gasteiger partial charge on any atom is 0.0415 e. The Kier molecular flexibility index (Phi) is 2.20. The molecule has 1 saturated heterocycles. The minimum atomic E-state index is 0.655. The van der Waals surface area contributed by atoms with E-state index in [0.29, 0.717) is 6.04 Å². The van der Waals surface area contributed by atoms with Gasteiger partial charge in [0.05, 0.1) is 0 Å². The van der Waals surface area contributed by atoms with Crippen molar-refractivity contribution in [2.45, 2.75) is 32.7 Å². The molecule has 66 valence electrons. The van der Waals surface area contributed by atoms with Gasteiger partial charge in [0.25, 0.3) is 0 Å². The van der Waals surface area contributed by atoms with Gasteiger partial charge in [-0.3, -0.25) is 0 Å². The molecule has 2 heterocycles. The molecule has 0 bridgehead atoms. The lowest BCUT2D eigenvalue weighted by molar-refractivity contribution is 0.659. The molecule has 1 aliphatic rings. The van der Waals surface area contributed by atoms with Crippen molar-refractivity contribution in [2.75, 3.05) is 6.54 Å². The van der Waals surface area contributed by atoms with E-state index in [1.165, 1.54) is 34.7 Å². The van der Waals surface area contributed by atoms with Crippen LogP contribution in [0.5, 0.6) is 0 Å². The maximum atomic E-state index is 3.52. The highest BCUT2D eigenvalue weighted by atomic mass is 32.1. The van der Waals surface area contributed by atoms with Crippen LogP contribution in [-0.2, 0) is 0 Å². The second-order valence-corrected chi connectivity index (χ2v) is 4.82. The molecule has 1 N–H and O–H groups in total. The summed E-state index contributed by atoms with van der Waals surface area (Å²) >= 11 is 1.95. The van der Waals surface area contributed by atoms with E-state index in [-0.39, 0.29) is 0 Å². The smallest absolute Gasteiger partial charge is 0.0415 e. The fraction of sp³-hybridized carbons (Fsp3) is 0.600. The first kappa shape index (κ1) is 8.27. The molecule has 1 aromatic heterocycles. The van der Waals surface area contributed by atoms with Crippen LogP contribution in [0.2, 0.25) is 0 Å². The van der Waals surface area contributed by atoms with E-state index >= 15 is 0 Å². The zero-order chi connectivity index (χ0) is 8.55. The quantitative estimate of drug-likeness (QED) is 0.702. The third-order valence-electron chi connectivity index (χ3n) is 2.59. The number of nitrogens with one attached hydrogen (secondary N) is 1. The van der Waals surface area contributed by atoms with E-state index in [9.17, 15) is 0 Å². The summed E-state index contributed by atoms with van der Waals surface area (Å²) < 4.78 is 0. The van der Waals surface area contributed by atoms with Crippen LogP contribution in [0.3, 0.4) is 0 Å². The third kappa shape index (κ3) is 1.41. The molecule has 0 spiro atoms. The first-order chi connectivity index (χ1) is 5.77. The Labute approximate surface area is 77.8 Å². The summed E-state index contributed by atoms with van der Waals surface area (Å²) in [7, 11) is 0. The first-order valence-electron chi connectivity index (χ1n) is 4.57. The molecule has 1 atom stereocenters. The summed E-state index contributed by atoms with van der Waals surface area (Å²) in [6, 6.07) is 2.99. The molecule has 1 fully saturated rings. The van der Waals surface area contributed by atoms with Gasteiger partial charge in [-0.2, -0.15) is 0 Å². The molecule has 0 radical (unpaired) electrons. The molecule has 0 aliphatic carbocycles. The lowest BCUT2D eigenvalue weighted by Crippen LogP contribution is -2.11. The third-order valence-corrected chi connectivity index (χ3v) is 3.86. The molecule has 2 heteroatoms. The molecule has 1 aromatic rings. The van der Waals surface area contributed by atoms with E-state index in [0.717, 1.165) is 0 Å². The number of thiophene rings is 1. The van der Waals surface area contributed by atoms with Crippen molar-refractivity contribution in [3.8, 4) is 0 Å². The van der Waals surface area contributed by atoms with Crippen LogP contribution in [0.4, 0.5) is 0 Å². The van der Waals surface area contributed by atoms with Gasteiger partial charge in [0.1, 0.15) is 0 Å². The van der Waals surface area contributed by atoms with Crippen molar-refractivity contribution in [1.82, 2.24) is 5.32 Å². The topological polar surface area (TPSA) is 12.0 Å². The second kappa shape index (κ2) is 3.19. The van der Waals surface area contributed by atoms with E-state index in [1.807, 2.05) is 11.3 Å². The van der Waals surface area contributed by atoms with Gasteiger partial charge in [-0.05, 0) is 44.9 Å². The minimum absolute atomic E-state index is 0.655. The monoisotopic (exact) mass is 181 g/mol. The predicted octanol–water partition coefficient (Wildman–Crippen LogP) is 2.79.